The molecule has 0 saturated heterocycles. The predicted molar refractivity (Wildman–Crippen MR) is 80.0 cm³/mol. The molecule has 110 valence electrons. The van der Waals surface area contributed by atoms with E-state index in [2.05, 4.69) is 0 Å². The monoisotopic (exact) mass is 286 g/mol. The van der Waals surface area contributed by atoms with Crippen LogP contribution in [0.1, 0.15) is 19.4 Å². The molecule has 0 saturated carbocycles. The van der Waals surface area contributed by atoms with Gasteiger partial charge in [0.25, 0.3) is 0 Å². The Labute approximate surface area is 123 Å². The summed E-state index contributed by atoms with van der Waals surface area (Å²) in [7, 11) is 0. The second-order valence-electron chi connectivity index (χ2n) is 5.30. The molecule has 4 heteroatoms. The van der Waals surface area contributed by atoms with Gasteiger partial charge in [0.15, 0.2) is 5.60 Å². The minimum Gasteiger partial charge on any atom is -0.478 e. The van der Waals surface area contributed by atoms with E-state index in [-0.39, 0.29) is 0 Å². The van der Waals surface area contributed by atoms with Crippen LogP contribution < -0.4 is 9.47 Å². The smallest absolute Gasteiger partial charge is 0.347 e. The summed E-state index contributed by atoms with van der Waals surface area (Å²) in [6.45, 7) is 5.03. The molecule has 21 heavy (non-hydrogen) atoms. The first-order chi connectivity index (χ1) is 9.87. The third kappa shape index (κ3) is 3.99. The fourth-order valence-electron chi connectivity index (χ4n) is 1.66. The van der Waals surface area contributed by atoms with Crippen LogP contribution in [0.3, 0.4) is 0 Å². The van der Waals surface area contributed by atoms with Gasteiger partial charge < -0.3 is 14.6 Å². The lowest BCUT2D eigenvalue weighted by Gasteiger charge is -2.21. The number of hydrogen-bond acceptors (Lipinski definition) is 3. The molecule has 0 radical (unpaired) electrons. The van der Waals surface area contributed by atoms with Crippen molar-refractivity contribution < 1.29 is 19.4 Å². The topological polar surface area (TPSA) is 55.8 Å². The zero-order chi connectivity index (χ0) is 15.5. The molecular formula is C17H18O4. The highest BCUT2D eigenvalue weighted by Gasteiger charge is 2.29. The molecule has 0 amide bonds. The number of carbonyl (C=O) groups is 1. The van der Waals surface area contributed by atoms with Crippen molar-refractivity contribution in [2.24, 2.45) is 0 Å². The lowest BCUT2D eigenvalue weighted by molar-refractivity contribution is -0.152. The first kappa shape index (κ1) is 14.9. The van der Waals surface area contributed by atoms with Crippen LogP contribution in [0.15, 0.2) is 48.5 Å². The molecule has 2 rings (SSSR count). The Morgan fingerprint density at radius 2 is 1.33 bits per heavy atom. The number of aryl methyl sites for hydroxylation is 1. The Hall–Kier alpha value is -2.49. The van der Waals surface area contributed by atoms with Gasteiger partial charge in [-0.15, -0.1) is 0 Å². The van der Waals surface area contributed by atoms with Crippen molar-refractivity contribution in [2.75, 3.05) is 0 Å². The summed E-state index contributed by atoms with van der Waals surface area (Å²) in [4.78, 5) is 11.0. The number of rotatable bonds is 5. The van der Waals surface area contributed by atoms with E-state index >= 15 is 0 Å². The number of hydrogen-bond donors (Lipinski definition) is 1. The largest absolute Gasteiger partial charge is 0.478 e. The molecule has 1 N–H and O–H groups in total. The van der Waals surface area contributed by atoms with Gasteiger partial charge in [-0.05, 0) is 57.2 Å². The number of benzene rings is 2. The second-order valence-corrected chi connectivity index (χ2v) is 5.30. The van der Waals surface area contributed by atoms with Crippen LogP contribution in [-0.4, -0.2) is 16.7 Å². The SMILES string of the molecule is Cc1ccc(Oc2ccc(OC(C)(C)C(=O)O)cc2)cc1. The number of aliphatic carboxylic acids is 1. The van der Waals surface area contributed by atoms with Crippen molar-refractivity contribution in [3.8, 4) is 17.2 Å². The maximum Gasteiger partial charge on any atom is 0.347 e. The van der Waals surface area contributed by atoms with E-state index in [0.29, 0.717) is 11.5 Å². The van der Waals surface area contributed by atoms with Crippen molar-refractivity contribution in [3.63, 3.8) is 0 Å². The standard InChI is InChI=1S/C17H18O4/c1-12-4-6-13(7-5-12)20-14-8-10-15(11-9-14)21-17(2,3)16(18)19/h4-11H,1-3H3,(H,18,19). The fourth-order valence-corrected chi connectivity index (χ4v) is 1.66. The molecule has 0 heterocycles. The Bertz CT molecular complexity index is 612. The van der Waals surface area contributed by atoms with Crippen molar-refractivity contribution in [2.45, 2.75) is 26.4 Å². The molecule has 0 bridgehead atoms. The summed E-state index contributed by atoms with van der Waals surface area (Å²) in [5.74, 6) is 0.889. The molecule has 0 fully saturated rings. The summed E-state index contributed by atoms with van der Waals surface area (Å²) >= 11 is 0. The van der Waals surface area contributed by atoms with Crippen LogP contribution in [0, 0.1) is 6.92 Å². The van der Waals surface area contributed by atoms with Crippen LogP contribution in [0.2, 0.25) is 0 Å². The summed E-state index contributed by atoms with van der Waals surface area (Å²) in [6, 6.07) is 14.6. The minimum atomic E-state index is -1.26. The molecule has 4 nitrogen and oxygen atoms in total. The van der Waals surface area contributed by atoms with Gasteiger partial charge in [0.2, 0.25) is 0 Å². The first-order valence-electron chi connectivity index (χ1n) is 6.64. The van der Waals surface area contributed by atoms with Gasteiger partial charge in [0.05, 0.1) is 0 Å². The van der Waals surface area contributed by atoms with Gasteiger partial charge in [0.1, 0.15) is 17.2 Å². The summed E-state index contributed by atoms with van der Waals surface area (Å²) < 4.78 is 11.1. The maximum atomic E-state index is 11.0. The van der Waals surface area contributed by atoms with Crippen molar-refractivity contribution in [3.05, 3.63) is 54.1 Å². The molecule has 0 aliphatic rings. The molecule has 0 aromatic heterocycles. The van der Waals surface area contributed by atoms with E-state index in [1.807, 2.05) is 31.2 Å². The highest BCUT2D eigenvalue weighted by Crippen LogP contribution is 2.26. The van der Waals surface area contributed by atoms with Gasteiger partial charge in [-0.1, -0.05) is 17.7 Å². The summed E-state index contributed by atoms with van der Waals surface area (Å²) in [5.41, 5.74) is -0.0960. The predicted octanol–water partition coefficient (Wildman–Crippen LogP) is 4.03. The highest BCUT2D eigenvalue weighted by molar-refractivity contribution is 5.76. The fraction of sp³-hybridized carbons (Fsp3) is 0.235. The van der Waals surface area contributed by atoms with Crippen LogP contribution in [-0.2, 0) is 4.79 Å². The van der Waals surface area contributed by atoms with Crippen LogP contribution in [0.25, 0.3) is 0 Å². The third-order valence-corrected chi connectivity index (χ3v) is 2.97. The average Bonchev–Trinajstić information content (AvgIpc) is 2.43. The van der Waals surface area contributed by atoms with Gasteiger partial charge in [-0.25, -0.2) is 4.79 Å². The van der Waals surface area contributed by atoms with Crippen molar-refractivity contribution in [1.29, 1.82) is 0 Å². The van der Waals surface area contributed by atoms with E-state index < -0.39 is 11.6 Å². The highest BCUT2D eigenvalue weighted by atomic mass is 16.5. The third-order valence-electron chi connectivity index (χ3n) is 2.97. The first-order valence-corrected chi connectivity index (χ1v) is 6.64. The summed E-state index contributed by atoms with van der Waals surface area (Å²) in [5, 5.41) is 9.02. The normalized spacial score (nSPS) is 11.0. The zero-order valence-corrected chi connectivity index (χ0v) is 12.3. The molecule has 0 spiro atoms. The van der Waals surface area contributed by atoms with E-state index in [4.69, 9.17) is 14.6 Å². The second kappa shape index (κ2) is 5.87. The number of ether oxygens (including phenoxy) is 2. The van der Waals surface area contributed by atoms with Gasteiger partial charge >= 0.3 is 5.97 Å². The van der Waals surface area contributed by atoms with E-state index in [0.717, 1.165) is 5.75 Å². The van der Waals surface area contributed by atoms with E-state index in [1.165, 1.54) is 19.4 Å². The Kier molecular flexibility index (Phi) is 4.17. The van der Waals surface area contributed by atoms with Crippen LogP contribution in [0.5, 0.6) is 17.2 Å². The lowest BCUT2D eigenvalue weighted by Crippen LogP contribution is -2.37. The van der Waals surface area contributed by atoms with Gasteiger partial charge in [0, 0.05) is 0 Å². The molecule has 0 aliphatic carbocycles. The molecule has 0 atom stereocenters. The van der Waals surface area contributed by atoms with Crippen molar-refractivity contribution >= 4 is 5.97 Å². The number of carboxylic acid groups (broad SMARTS) is 1. The molecule has 0 unspecified atom stereocenters. The lowest BCUT2D eigenvalue weighted by atomic mass is 10.1. The van der Waals surface area contributed by atoms with E-state index in [9.17, 15) is 4.79 Å². The van der Waals surface area contributed by atoms with Crippen molar-refractivity contribution in [1.82, 2.24) is 0 Å². The average molecular weight is 286 g/mol. The molecule has 2 aromatic rings. The Morgan fingerprint density at radius 1 is 0.905 bits per heavy atom. The molecular weight excluding hydrogens is 268 g/mol. The van der Waals surface area contributed by atoms with E-state index in [1.54, 1.807) is 24.3 Å². The van der Waals surface area contributed by atoms with Crippen LogP contribution in [0.4, 0.5) is 0 Å². The Morgan fingerprint density at radius 3 is 1.81 bits per heavy atom. The molecule has 0 aliphatic heterocycles. The van der Waals surface area contributed by atoms with Crippen LogP contribution >= 0.6 is 0 Å². The minimum absolute atomic E-state index is 0.485. The van der Waals surface area contributed by atoms with Gasteiger partial charge in [-0.3, -0.25) is 0 Å². The quantitative estimate of drug-likeness (QED) is 0.901. The zero-order valence-electron chi connectivity index (χ0n) is 12.3. The molecule has 2 aromatic carbocycles. The Balaban J connectivity index is 2.05. The number of carboxylic acids is 1. The summed E-state index contributed by atoms with van der Waals surface area (Å²) in [6.07, 6.45) is 0. The van der Waals surface area contributed by atoms with Gasteiger partial charge in [-0.2, -0.15) is 0 Å². The maximum absolute atomic E-state index is 11.0.